The van der Waals surface area contributed by atoms with Crippen LogP contribution in [0.15, 0.2) is 72.9 Å². The molecule has 0 saturated carbocycles. The number of unbranched alkanes of at least 4 members (excludes halogenated alkanes) is 42. The van der Waals surface area contributed by atoms with Gasteiger partial charge in [-0.2, -0.15) is 0 Å². The minimum Gasteiger partial charge on any atom is -0.462 e. The molecule has 1 unspecified atom stereocenters. The molecule has 0 heterocycles. The Labute approximate surface area is 503 Å². The van der Waals surface area contributed by atoms with Crippen LogP contribution < -0.4 is 0 Å². The van der Waals surface area contributed by atoms with E-state index in [1.165, 1.54) is 250 Å². The Bertz CT molecular complexity index is 1490. The second-order valence-electron chi connectivity index (χ2n) is 23.8. The fraction of sp³-hybridized carbons (Fsp3) is 0.800. The lowest BCUT2D eigenvalue weighted by Crippen LogP contribution is -2.30. The van der Waals surface area contributed by atoms with Gasteiger partial charge in [0.1, 0.15) is 13.2 Å². The Morgan fingerprint density at radius 1 is 0.259 bits per heavy atom. The monoisotopic (exact) mass is 1130 g/mol. The van der Waals surface area contributed by atoms with Gasteiger partial charge in [-0.25, -0.2) is 0 Å². The normalized spacial score (nSPS) is 12.5. The molecule has 0 aromatic heterocycles. The summed E-state index contributed by atoms with van der Waals surface area (Å²) in [5.74, 6) is -0.956. The molecule has 0 N–H and O–H groups in total. The van der Waals surface area contributed by atoms with Crippen molar-refractivity contribution in [3.05, 3.63) is 72.9 Å². The van der Waals surface area contributed by atoms with Gasteiger partial charge in [-0.15, -0.1) is 0 Å². The lowest BCUT2D eigenvalue weighted by Gasteiger charge is -2.18. The summed E-state index contributed by atoms with van der Waals surface area (Å²) in [7, 11) is 0. The second-order valence-corrected chi connectivity index (χ2v) is 23.8. The van der Waals surface area contributed by atoms with E-state index in [0.717, 1.165) is 70.6 Å². The summed E-state index contributed by atoms with van der Waals surface area (Å²) in [5.41, 5.74) is 0. The van der Waals surface area contributed by atoms with Crippen molar-refractivity contribution in [3.63, 3.8) is 0 Å². The van der Waals surface area contributed by atoms with E-state index >= 15 is 0 Å². The zero-order valence-corrected chi connectivity index (χ0v) is 54.1. The number of rotatable bonds is 65. The molecule has 470 valence electrons. The third kappa shape index (κ3) is 67.5. The first-order valence-electron chi connectivity index (χ1n) is 35.4. The highest BCUT2D eigenvalue weighted by Crippen LogP contribution is 2.18. The van der Waals surface area contributed by atoms with Gasteiger partial charge in [0.05, 0.1) is 0 Å². The van der Waals surface area contributed by atoms with Crippen molar-refractivity contribution in [2.75, 3.05) is 13.2 Å². The van der Waals surface area contributed by atoms with Crippen LogP contribution in [0.3, 0.4) is 0 Å². The van der Waals surface area contributed by atoms with E-state index < -0.39 is 6.10 Å². The summed E-state index contributed by atoms with van der Waals surface area (Å²) < 4.78 is 16.9. The molecule has 0 fully saturated rings. The predicted molar refractivity (Wildman–Crippen MR) is 353 cm³/mol. The van der Waals surface area contributed by atoms with Crippen molar-refractivity contribution < 1.29 is 28.6 Å². The van der Waals surface area contributed by atoms with Crippen LogP contribution in [0.5, 0.6) is 0 Å². The Morgan fingerprint density at radius 3 is 0.827 bits per heavy atom. The van der Waals surface area contributed by atoms with E-state index in [4.69, 9.17) is 14.2 Å². The van der Waals surface area contributed by atoms with E-state index in [-0.39, 0.29) is 37.5 Å². The van der Waals surface area contributed by atoms with Crippen molar-refractivity contribution in [1.29, 1.82) is 0 Å². The molecule has 0 saturated heterocycles. The minimum atomic E-state index is -0.802. The van der Waals surface area contributed by atoms with Crippen LogP contribution in [0, 0.1) is 0 Å². The Kier molecular flexibility index (Phi) is 66.6. The smallest absolute Gasteiger partial charge is 0.306 e. The molecule has 6 nitrogen and oxygen atoms in total. The summed E-state index contributed by atoms with van der Waals surface area (Å²) in [6.07, 6.45) is 91.1. The van der Waals surface area contributed by atoms with Gasteiger partial charge in [0.15, 0.2) is 6.10 Å². The van der Waals surface area contributed by atoms with Gasteiger partial charge >= 0.3 is 17.9 Å². The molecule has 0 aliphatic carbocycles. The molecule has 0 aromatic carbocycles. The van der Waals surface area contributed by atoms with Gasteiger partial charge in [-0.05, 0) is 77.0 Å². The summed E-state index contributed by atoms with van der Waals surface area (Å²) in [6, 6.07) is 0. The average Bonchev–Trinajstić information content (AvgIpc) is 3.46. The van der Waals surface area contributed by atoms with E-state index in [1.807, 2.05) is 6.08 Å². The van der Waals surface area contributed by atoms with Crippen molar-refractivity contribution in [3.8, 4) is 0 Å². The molecule has 0 amide bonds. The maximum atomic E-state index is 12.9. The Morgan fingerprint density at radius 2 is 0.506 bits per heavy atom. The first-order chi connectivity index (χ1) is 40.0. The number of allylic oxidation sites excluding steroid dienone is 12. The SMILES string of the molecule is CC/C=C\C/C=C\C/C=C\C/C=C\CCC(=O)OCC(COC(=O)CCCCCCCCCCCCCCCCCCCCCCC/C=C\C/C=C\CCCCCCC)OC(=O)CCCCCCCCCCCCCCCCCCC. The topological polar surface area (TPSA) is 78.9 Å². The van der Waals surface area contributed by atoms with Gasteiger partial charge in [-0.1, -0.05) is 344 Å². The van der Waals surface area contributed by atoms with Crippen LogP contribution in [0.4, 0.5) is 0 Å². The van der Waals surface area contributed by atoms with Crippen molar-refractivity contribution in [2.24, 2.45) is 0 Å². The minimum absolute atomic E-state index is 0.0923. The van der Waals surface area contributed by atoms with E-state index in [9.17, 15) is 14.4 Å². The van der Waals surface area contributed by atoms with Gasteiger partial charge < -0.3 is 14.2 Å². The first kappa shape index (κ1) is 77.9. The molecule has 0 spiro atoms. The Balaban J connectivity index is 4.15. The molecule has 0 rings (SSSR count). The lowest BCUT2D eigenvalue weighted by atomic mass is 10.0. The summed E-state index contributed by atoms with van der Waals surface area (Å²) >= 11 is 0. The van der Waals surface area contributed by atoms with Gasteiger partial charge in [0.25, 0.3) is 0 Å². The average molecular weight is 1130 g/mol. The van der Waals surface area contributed by atoms with Crippen molar-refractivity contribution >= 4 is 17.9 Å². The summed E-state index contributed by atoms with van der Waals surface area (Å²) in [5, 5.41) is 0. The molecule has 0 aromatic rings. The van der Waals surface area contributed by atoms with Gasteiger partial charge in [0.2, 0.25) is 0 Å². The number of carbonyl (C=O) groups is 3. The third-order valence-corrected chi connectivity index (χ3v) is 15.7. The number of hydrogen-bond donors (Lipinski definition) is 0. The number of hydrogen-bond acceptors (Lipinski definition) is 6. The largest absolute Gasteiger partial charge is 0.462 e. The predicted octanol–water partition coefficient (Wildman–Crippen LogP) is 24.4. The number of esters is 3. The van der Waals surface area contributed by atoms with Gasteiger partial charge in [0, 0.05) is 19.3 Å². The summed E-state index contributed by atoms with van der Waals surface area (Å²) in [4.78, 5) is 38.3. The van der Waals surface area contributed by atoms with Crippen LogP contribution in [0.1, 0.15) is 367 Å². The number of carbonyl (C=O) groups excluding carboxylic acids is 3. The molecular weight excluding hydrogens is 997 g/mol. The highest BCUT2D eigenvalue weighted by molar-refractivity contribution is 5.71. The summed E-state index contributed by atoms with van der Waals surface area (Å²) in [6.45, 7) is 6.50. The first-order valence-corrected chi connectivity index (χ1v) is 35.4. The van der Waals surface area contributed by atoms with Crippen LogP contribution in [-0.2, 0) is 28.6 Å². The second kappa shape index (κ2) is 69.3. The fourth-order valence-corrected chi connectivity index (χ4v) is 10.4. The van der Waals surface area contributed by atoms with E-state index in [0.29, 0.717) is 19.3 Å². The molecule has 81 heavy (non-hydrogen) atoms. The molecule has 0 radical (unpaired) electrons. The van der Waals surface area contributed by atoms with Crippen molar-refractivity contribution in [1.82, 2.24) is 0 Å². The maximum absolute atomic E-state index is 12.9. The molecule has 0 aliphatic rings. The lowest BCUT2D eigenvalue weighted by molar-refractivity contribution is -0.166. The molecular formula is C75H134O6. The Hall–Kier alpha value is -3.15. The van der Waals surface area contributed by atoms with E-state index in [2.05, 4.69) is 87.6 Å². The van der Waals surface area contributed by atoms with Crippen LogP contribution in [-0.4, -0.2) is 37.2 Å². The molecule has 0 aliphatic heterocycles. The zero-order valence-electron chi connectivity index (χ0n) is 54.1. The van der Waals surface area contributed by atoms with E-state index in [1.54, 1.807) is 0 Å². The van der Waals surface area contributed by atoms with Gasteiger partial charge in [-0.3, -0.25) is 14.4 Å². The van der Waals surface area contributed by atoms with Crippen LogP contribution >= 0.6 is 0 Å². The fourth-order valence-electron chi connectivity index (χ4n) is 10.4. The molecule has 6 heteroatoms. The van der Waals surface area contributed by atoms with Crippen LogP contribution in [0.2, 0.25) is 0 Å². The third-order valence-electron chi connectivity index (χ3n) is 15.7. The molecule has 0 bridgehead atoms. The maximum Gasteiger partial charge on any atom is 0.306 e. The highest BCUT2D eigenvalue weighted by Gasteiger charge is 2.19. The quantitative estimate of drug-likeness (QED) is 0.0261. The standard InChI is InChI=1S/C75H134O6/c1-4-7-10-13-16-19-22-25-27-29-30-31-32-33-34-35-36-37-38-39-40-41-42-43-44-46-47-50-53-56-59-62-65-68-74(77)80-71-72(70-79-73(76)67-64-61-58-55-52-49-24-21-18-15-12-9-6-3)81-75(78)69-66-63-60-57-54-51-48-45-28-26-23-20-17-14-11-8-5-2/h9,12,18,21-22,25,29-30,49,52,58,61,72H,4-8,10-11,13-17,19-20,23-24,26-28,31-48,50-51,53-57,59-60,62-71H2,1-3H3/b12-9-,21-18-,25-22-,30-29-,52-49-,61-58-. The molecule has 1 atom stereocenters. The highest BCUT2D eigenvalue weighted by atomic mass is 16.6. The van der Waals surface area contributed by atoms with Crippen molar-refractivity contribution in [2.45, 2.75) is 374 Å². The van der Waals surface area contributed by atoms with Crippen LogP contribution in [0.25, 0.3) is 0 Å². The number of ether oxygens (including phenoxy) is 3. The zero-order chi connectivity index (χ0) is 58.5.